The summed E-state index contributed by atoms with van der Waals surface area (Å²) in [7, 11) is 2.09. The molecule has 6 heteroatoms. The van der Waals surface area contributed by atoms with Crippen LogP contribution in [0.2, 0.25) is 0 Å². The number of nitrogens with one attached hydrogen (secondary N) is 1. The number of nitrogens with zero attached hydrogens (tertiary/aromatic N) is 2. The monoisotopic (exact) mass is 397 g/mol. The van der Waals surface area contributed by atoms with Gasteiger partial charge in [0.05, 0.1) is 17.5 Å². The van der Waals surface area contributed by atoms with Crippen molar-refractivity contribution < 1.29 is 9.59 Å². The van der Waals surface area contributed by atoms with Gasteiger partial charge in [0.15, 0.2) is 0 Å². The van der Waals surface area contributed by atoms with Crippen LogP contribution in [0.15, 0.2) is 54.6 Å². The predicted octanol–water partition coefficient (Wildman–Crippen LogP) is 3.18. The minimum absolute atomic E-state index is 0.0640. The van der Waals surface area contributed by atoms with Gasteiger partial charge in [0.2, 0.25) is 11.8 Å². The van der Waals surface area contributed by atoms with Crippen LogP contribution in [-0.4, -0.2) is 59.8 Å². The minimum Gasteiger partial charge on any atom is -0.332 e. The molecule has 1 aliphatic rings. The van der Waals surface area contributed by atoms with Gasteiger partial charge in [0.25, 0.3) is 0 Å². The Labute approximate surface area is 171 Å². The van der Waals surface area contributed by atoms with Crippen LogP contribution in [0.25, 0.3) is 0 Å². The zero-order chi connectivity index (χ0) is 19.9. The Morgan fingerprint density at radius 2 is 1.86 bits per heavy atom. The van der Waals surface area contributed by atoms with E-state index >= 15 is 0 Å². The van der Waals surface area contributed by atoms with Crippen LogP contribution in [0.5, 0.6) is 0 Å². The van der Waals surface area contributed by atoms with Gasteiger partial charge in [-0.15, -0.1) is 11.8 Å². The van der Waals surface area contributed by atoms with Crippen LogP contribution in [0.1, 0.15) is 17.2 Å². The van der Waals surface area contributed by atoms with E-state index in [1.54, 1.807) is 0 Å². The molecular formula is C22H27N3O2S. The molecule has 148 valence electrons. The zero-order valence-corrected chi connectivity index (χ0v) is 17.2. The lowest BCUT2D eigenvalue weighted by Crippen LogP contribution is -2.49. The number of hydrogen-bond acceptors (Lipinski definition) is 4. The van der Waals surface area contributed by atoms with Gasteiger partial charge in [0.1, 0.15) is 0 Å². The van der Waals surface area contributed by atoms with Gasteiger partial charge in [-0.25, -0.2) is 0 Å². The van der Waals surface area contributed by atoms with Crippen LogP contribution in [-0.2, 0) is 9.59 Å². The number of anilines is 1. The van der Waals surface area contributed by atoms with Crippen molar-refractivity contribution in [2.45, 2.75) is 13.0 Å². The second kappa shape index (κ2) is 9.75. The molecule has 0 radical (unpaired) electrons. The van der Waals surface area contributed by atoms with Gasteiger partial charge in [-0.1, -0.05) is 42.5 Å². The second-order valence-electron chi connectivity index (χ2n) is 7.19. The number of rotatable bonds is 6. The van der Waals surface area contributed by atoms with Crippen LogP contribution in [0, 0.1) is 6.92 Å². The molecule has 1 fully saturated rings. The van der Waals surface area contributed by atoms with Crippen molar-refractivity contribution in [1.29, 1.82) is 0 Å². The topological polar surface area (TPSA) is 52.7 Å². The highest BCUT2D eigenvalue weighted by Crippen LogP contribution is 2.25. The Morgan fingerprint density at radius 3 is 2.61 bits per heavy atom. The van der Waals surface area contributed by atoms with Crippen LogP contribution < -0.4 is 5.32 Å². The lowest BCUT2D eigenvalue weighted by molar-refractivity contribution is -0.133. The van der Waals surface area contributed by atoms with Crippen molar-refractivity contribution in [2.24, 2.45) is 0 Å². The quantitative estimate of drug-likeness (QED) is 0.813. The summed E-state index contributed by atoms with van der Waals surface area (Å²) in [6.45, 7) is 4.40. The highest BCUT2D eigenvalue weighted by Gasteiger charge is 2.29. The SMILES string of the molecule is Cc1cccc(NC(=O)CSCC(=O)N2CCN(C)C[C@H]2c2ccccc2)c1. The fourth-order valence-electron chi connectivity index (χ4n) is 3.41. The standard InChI is InChI=1S/C22H27N3O2S/c1-17-7-6-10-19(13-17)23-21(26)15-28-16-22(27)25-12-11-24(2)14-20(25)18-8-4-3-5-9-18/h3-10,13,20H,11-12,14-16H2,1-2H3,(H,23,26)/t20-/m0/s1. The van der Waals surface area contributed by atoms with Crippen molar-refractivity contribution in [3.8, 4) is 0 Å². The molecule has 1 heterocycles. The second-order valence-corrected chi connectivity index (χ2v) is 8.17. The summed E-state index contributed by atoms with van der Waals surface area (Å²) in [6.07, 6.45) is 0. The van der Waals surface area contributed by atoms with E-state index in [4.69, 9.17) is 0 Å². The third kappa shape index (κ3) is 5.59. The van der Waals surface area contributed by atoms with Gasteiger partial charge in [-0.05, 0) is 37.2 Å². The average molecular weight is 398 g/mol. The number of carbonyl (C=O) groups is 2. The number of hydrogen-bond donors (Lipinski definition) is 1. The fourth-order valence-corrected chi connectivity index (χ4v) is 4.11. The molecule has 1 atom stereocenters. The first-order valence-corrected chi connectivity index (χ1v) is 10.7. The maximum Gasteiger partial charge on any atom is 0.234 e. The Morgan fingerprint density at radius 1 is 1.07 bits per heavy atom. The summed E-state index contributed by atoms with van der Waals surface area (Å²) in [6, 6.07) is 17.9. The summed E-state index contributed by atoms with van der Waals surface area (Å²) in [5.74, 6) is 0.592. The summed E-state index contributed by atoms with van der Waals surface area (Å²) < 4.78 is 0. The van der Waals surface area contributed by atoms with Crippen molar-refractivity contribution >= 4 is 29.3 Å². The normalized spacial score (nSPS) is 17.4. The molecule has 0 unspecified atom stereocenters. The zero-order valence-electron chi connectivity index (χ0n) is 16.4. The van der Waals surface area contributed by atoms with E-state index in [0.717, 1.165) is 29.9 Å². The average Bonchev–Trinajstić information content (AvgIpc) is 2.68. The smallest absolute Gasteiger partial charge is 0.234 e. The molecule has 0 aromatic heterocycles. The van der Waals surface area contributed by atoms with Crippen molar-refractivity contribution in [2.75, 3.05) is 43.5 Å². The molecular weight excluding hydrogens is 370 g/mol. The molecule has 2 aromatic carbocycles. The Hall–Kier alpha value is -2.31. The van der Waals surface area contributed by atoms with Crippen LogP contribution in [0.4, 0.5) is 5.69 Å². The molecule has 0 saturated carbocycles. The van der Waals surface area contributed by atoms with Crippen molar-refractivity contribution in [3.63, 3.8) is 0 Å². The van der Waals surface area contributed by atoms with Crippen LogP contribution in [0.3, 0.4) is 0 Å². The van der Waals surface area contributed by atoms with E-state index in [0.29, 0.717) is 12.3 Å². The highest BCUT2D eigenvalue weighted by molar-refractivity contribution is 8.00. The molecule has 1 saturated heterocycles. The van der Waals surface area contributed by atoms with E-state index < -0.39 is 0 Å². The molecule has 28 heavy (non-hydrogen) atoms. The molecule has 3 rings (SSSR count). The molecule has 0 spiro atoms. The van der Waals surface area contributed by atoms with Gasteiger partial charge in [0, 0.05) is 25.3 Å². The number of carbonyl (C=O) groups excluding carboxylic acids is 2. The Bertz CT molecular complexity index is 812. The van der Waals surface area contributed by atoms with Crippen molar-refractivity contribution in [1.82, 2.24) is 9.80 Å². The van der Waals surface area contributed by atoms with E-state index in [1.165, 1.54) is 11.8 Å². The van der Waals surface area contributed by atoms with E-state index in [1.807, 2.05) is 54.3 Å². The number of benzene rings is 2. The number of thioether (sulfide) groups is 1. The Kier molecular flexibility index (Phi) is 7.12. The van der Waals surface area contributed by atoms with Gasteiger partial charge < -0.3 is 15.1 Å². The molecule has 5 nitrogen and oxygen atoms in total. The summed E-state index contributed by atoms with van der Waals surface area (Å²) in [5, 5.41) is 2.89. The number of aryl methyl sites for hydroxylation is 1. The lowest BCUT2D eigenvalue weighted by Gasteiger charge is -2.40. The highest BCUT2D eigenvalue weighted by atomic mass is 32.2. The molecule has 0 bridgehead atoms. The van der Waals surface area contributed by atoms with Gasteiger partial charge in [-0.2, -0.15) is 0 Å². The summed E-state index contributed by atoms with van der Waals surface area (Å²) in [5.41, 5.74) is 3.05. The van der Waals surface area contributed by atoms with Gasteiger partial charge >= 0.3 is 0 Å². The minimum atomic E-state index is -0.0820. The van der Waals surface area contributed by atoms with E-state index in [-0.39, 0.29) is 23.6 Å². The maximum atomic E-state index is 12.8. The fraction of sp³-hybridized carbons (Fsp3) is 0.364. The maximum absolute atomic E-state index is 12.8. The molecule has 1 N–H and O–H groups in total. The van der Waals surface area contributed by atoms with E-state index in [2.05, 4.69) is 29.4 Å². The third-order valence-corrected chi connectivity index (χ3v) is 5.77. The third-order valence-electron chi connectivity index (χ3n) is 4.85. The first kappa shape index (κ1) is 20.4. The first-order valence-electron chi connectivity index (χ1n) is 9.50. The largest absolute Gasteiger partial charge is 0.332 e. The van der Waals surface area contributed by atoms with Crippen molar-refractivity contribution in [3.05, 3.63) is 65.7 Å². The summed E-state index contributed by atoms with van der Waals surface area (Å²) >= 11 is 1.37. The number of amides is 2. The molecule has 2 amide bonds. The van der Waals surface area contributed by atoms with Gasteiger partial charge in [-0.3, -0.25) is 9.59 Å². The lowest BCUT2D eigenvalue weighted by atomic mass is 10.0. The molecule has 2 aromatic rings. The molecule has 1 aliphatic heterocycles. The number of piperazine rings is 1. The first-order chi connectivity index (χ1) is 13.5. The predicted molar refractivity (Wildman–Crippen MR) is 116 cm³/mol. The van der Waals surface area contributed by atoms with Crippen LogP contribution >= 0.6 is 11.8 Å². The number of likely N-dealkylation sites (N-methyl/N-ethyl adjacent to an activating group) is 1. The van der Waals surface area contributed by atoms with E-state index in [9.17, 15) is 9.59 Å². The Balaban J connectivity index is 1.52. The summed E-state index contributed by atoms with van der Waals surface area (Å²) in [4.78, 5) is 29.2. The molecule has 0 aliphatic carbocycles.